The fourth-order valence-corrected chi connectivity index (χ4v) is 8.69. The number of hydrogen-bond donors (Lipinski definition) is 0. The third-order valence-electron chi connectivity index (χ3n) is 13.3. The summed E-state index contributed by atoms with van der Waals surface area (Å²) in [6.07, 6.45) is 71.1. The summed E-state index contributed by atoms with van der Waals surface area (Å²) >= 11 is 0. The minimum absolute atomic E-state index is 0.0759. The first-order valence-corrected chi connectivity index (χ1v) is 30.1. The molecule has 0 amide bonds. The molecule has 402 valence electrons. The van der Waals surface area contributed by atoms with E-state index in [2.05, 4.69) is 69.4 Å². The summed E-state index contributed by atoms with van der Waals surface area (Å²) in [7, 11) is 0. The van der Waals surface area contributed by atoms with E-state index in [0.717, 1.165) is 70.6 Å². The molecule has 0 aromatic heterocycles. The summed E-state index contributed by atoms with van der Waals surface area (Å²) in [4.78, 5) is 38.2. The van der Waals surface area contributed by atoms with Gasteiger partial charge in [-0.25, -0.2) is 0 Å². The molecule has 0 heterocycles. The Morgan fingerprint density at radius 3 is 0.884 bits per heavy atom. The highest BCUT2D eigenvalue weighted by Gasteiger charge is 2.19. The molecule has 0 saturated heterocycles. The van der Waals surface area contributed by atoms with Crippen molar-refractivity contribution in [2.24, 2.45) is 0 Å². The second-order valence-corrected chi connectivity index (χ2v) is 20.2. The smallest absolute Gasteiger partial charge is 0.306 e. The highest BCUT2D eigenvalue weighted by atomic mass is 16.6. The van der Waals surface area contributed by atoms with Crippen LogP contribution in [0.5, 0.6) is 0 Å². The van der Waals surface area contributed by atoms with E-state index in [4.69, 9.17) is 14.2 Å². The van der Waals surface area contributed by atoms with E-state index >= 15 is 0 Å². The molecule has 0 spiro atoms. The average molecular weight is 968 g/mol. The Hall–Kier alpha value is -2.63. The lowest BCUT2D eigenvalue weighted by Crippen LogP contribution is -2.30. The van der Waals surface area contributed by atoms with Crippen molar-refractivity contribution in [1.29, 1.82) is 0 Å². The quantitative estimate of drug-likeness (QED) is 0.0262. The van der Waals surface area contributed by atoms with Crippen molar-refractivity contribution >= 4 is 17.9 Å². The van der Waals surface area contributed by atoms with Gasteiger partial charge >= 0.3 is 17.9 Å². The highest BCUT2D eigenvalue weighted by Crippen LogP contribution is 2.16. The molecule has 0 rings (SSSR count). The van der Waals surface area contributed by atoms with Gasteiger partial charge in [-0.15, -0.1) is 0 Å². The topological polar surface area (TPSA) is 78.9 Å². The first kappa shape index (κ1) is 66.4. The van der Waals surface area contributed by atoms with Crippen molar-refractivity contribution in [3.05, 3.63) is 48.6 Å². The highest BCUT2D eigenvalue weighted by molar-refractivity contribution is 5.71. The van der Waals surface area contributed by atoms with E-state index in [-0.39, 0.29) is 31.1 Å². The normalized spacial score (nSPS) is 12.3. The van der Waals surface area contributed by atoms with E-state index in [1.165, 1.54) is 205 Å². The molecule has 0 N–H and O–H groups in total. The van der Waals surface area contributed by atoms with E-state index in [9.17, 15) is 14.4 Å². The molecule has 6 heteroatoms. The summed E-state index contributed by atoms with van der Waals surface area (Å²) in [6.45, 7) is 6.60. The van der Waals surface area contributed by atoms with Gasteiger partial charge in [-0.05, 0) is 96.3 Å². The van der Waals surface area contributed by atoms with Crippen molar-refractivity contribution in [3.8, 4) is 0 Å². The molecule has 0 radical (unpaired) electrons. The minimum atomic E-state index is -0.778. The van der Waals surface area contributed by atoms with Gasteiger partial charge in [0.25, 0.3) is 0 Å². The minimum Gasteiger partial charge on any atom is -0.462 e. The van der Waals surface area contributed by atoms with Crippen LogP contribution in [0.1, 0.15) is 316 Å². The summed E-state index contributed by atoms with van der Waals surface area (Å²) in [6, 6.07) is 0. The molecular formula is C63H114O6. The third-order valence-corrected chi connectivity index (χ3v) is 13.3. The van der Waals surface area contributed by atoms with Crippen molar-refractivity contribution in [3.63, 3.8) is 0 Å². The largest absolute Gasteiger partial charge is 0.462 e. The van der Waals surface area contributed by atoms with Crippen LogP contribution in [0, 0.1) is 0 Å². The molecule has 0 fully saturated rings. The Bertz CT molecular complexity index is 1200. The number of esters is 3. The zero-order valence-electron chi connectivity index (χ0n) is 46.1. The maximum absolute atomic E-state index is 12.9. The van der Waals surface area contributed by atoms with E-state index < -0.39 is 6.10 Å². The number of carbonyl (C=O) groups excluding carboxylic acids is 3. The lowest BCUT2D eigenvalue weighted by molar-refractivity contribution is -0.167. The molecule has 0 aliphatic heterocycles. The summed E-state index contributed by atoms with van der Waals surface area (Å²) in [5, 5.41) is 0. The zero-order chi connectivity index (χ0) is 50.0. The molecule has 0 unspecified atom stereocenters. The van der Waals surface area contributed by atoms with E-state index in [1.54, 1.807) is 0 Å². The van der Waals surface area contributed by atoms with Crippen LogP contribution in [-0.2, 0) is 28.6 Å². The van der Waals surface area contributed by atoms with Crippen LogP contribution in [0.15, 0.2) is 48.6 Å². The first-order valence-electron chi connectivity index (χ1n) is 30.1. The number of allylic oxidation sites excluding steroid dienone is 8. The predicted octanol–water partition coefficient (Wildman–Crippen LogP) is 20.2. The molecule has 0 aromatic carbocycles. The van der Waals surface area contributed by atoms with E-state index in [0.29, 0.717) is 19.3 Å². The van der Waals surface area contributed by atoms with Crippen molar-refractivity contribution in [2.45, 2.75) is 322 Å². The van der Waals surface area contributed by atoms with Crippen LogP contribution < -0.4 is 0 Å². The lowest BCUT2D eigenvalue weighted by Gasteiger charge is -2.18. The van der Waals surface area contributed by atoms with Gasteiger partial charge in [-0.1, -0.05) is 249 Å². The van der Waals surface area contributed by atoms with Gasteiger partial charge in [0.2, 0.25) is 0 Å². The van der Waals surface area contributed by atoms with Crippen LogP contribution in [-0.4, -0.2) is 37.2 Å². The fourth-order valence-electron chi connectivity index (χ4n) is 8.69. The third kappa shape index (κ3) is 56.2. The van der Waals surface area contributed by atoms with Gasteiger partial charge in [0.15, 0.2) is 6.10 Å². The monoisotopic (exact) mass is 967 g/mol. The SMILES string of the molecule is CCCC/C=C\CCCCCCCC(=O)OC[C@@H](COC(=O)CCCCCCCCCCCCC/C=C\CCCCCCCC)OC(=O)CCCCCCCCCCC/C=C\C/C=C\CCCCC. The lowest BCUT2D eigenvalue weighted by atomic mass is 10.0. The molecule has 0 aliphatic carbocycles. The van der Waals surface area contributed by atoms with Crippen LogP contribution >= 0.6 is 0 Å². The Morgan fingerprint density at radius 1 is 0.290 bits per heavy atom. The fraction of sp³-hybridized carbons (Fsp3) is 0.825. The maximum atomic E-state index is 12.9. The van der Waals surface area contributed by atoms with Gasteiger partial charge in [-0.2, -0.15) is 0 Å². The number of unbranched alkanes of at least 4 members (excludes halogenated alkanes) is 36. The van der Waals surface area contributed by atoms with Crippen molar-refractivity contribution < 1.29 is 28.6 Å². The zero-order valence-corrected chi connectivity index (χ0v) is 46.1. The number of ether oxygens (including phenoxy) is 3. The standard InChI is InChI=1S/C63H114O6/c1-4-7-10-13-16-19-22-24-26-28-30-31-33-34-36-38-41-44-47-50-53-56-62(65)68-59-60(58-67-61(64)55-52-49-46-43-40-21-18-15-12-9-6-3)69-63(66)57-54-51-48-45-42-39-37-35-32-29-27-25-23-20-17-14-11-8-5-2/h15,17-18,20,24-27,60H,4-14,16,19,21-23,28-59H2,1-3H3/b18-15-,20-17-,26-24-,27-25-/t60-/m0/s1. The Morgan fingerprint density at radius 2 is 0.536 bits per heavy atom. The van der Waals surface area contributed by atoms with Crippen molar-refractivity contribution in [1.82, 2.24) is 0 Å². The summed E-state index contributed by atoms with van der Waals surface area (Å²) < 4.78 is 16.9. The van der Waals surface area contributed by atoms with Gasteiger partial charge in [-0.3, -0.25) is 14.4 Å². The van der Waals surface area contributed by atoms with Gasteiger partial charge in [0.1, 0.15) is 13.2 Å². The molecule has 0 aliphatic rings. The first-order chi connectivity index (χ1) is 34.0. The summed E-state index contributed by atoms with van der Waals surface area (Å²) in [5.41, 5.74) is 0. The molecular weight excluding hydrogens is 853 g/mol. The molecule has 0 aromatic rings. The van der Waals surface area contributed by atoms with Crippen LogP contribution in [0.2, 0.25) is 0 Å². The molecule has 0 saturated carbocycles. The molecule has 6 nitrogen and oxygen atoms in total. The Labute approximate surface area is 428 Å². The predicted molar refractivity (Wildman–Crippen MR) is 298 cm³/mol. The van der Waals surface area contributed by atoms with Gasteiger partial charge in [0.05, 0.1) is 0 Å². The molecule has 69 heavy (non-hydrogen) atoms. The number of carbonyl (C=O) groups is 3. The molecule has 0 bridgehead atoms. The average Bonchev–Trinajstić information content (AvgIpc) is 3.35. The Balaban J connectivity index is 4.28. The van der Waals surface area contributed by atoms with Crippen LogP contribution in [0.25, 0.3) is 0 Å². The second-order valence-electron chi connectivity index (χ2n) is 20.2. The number of rotatable bonds is 55. The van der Waals surface area contributed by atoms with Gasteiger partial charge in [0, 0.05) is 19.3 Å². The van der Waals surface area contributed by atoms with Gasteiger partial charge < -0.3 is 14.2 Å². The Kier molecular flexibility index (Phi) is 55.7. The number of hydrogen-bond acceptors (Lipinski definition) is 6. The molecule has 1 atom stereocenters. The van der Waals surface area contributed by atoms with Crippen molar-refractivity contribution in [2.75, 3.05) is 13.2 Å². The second kappa shape index (κ2) is 57.9. The van der Waals surface area contributed by atoms with Crippen LogP contribution in [0.3, 0.4) is 0 Å². The maximum Gasteiger partial charge on any atom is 0.306 e. The van der Waals surface area contributed by atoms with E-state index in [1.807, 2.05) is 0 Å². The summed E-state index contributed by atoms with van der Waals surface area (Å²) in [5.74, 6) is -0.877. The van der Waals surface area contributed by atoms with Crippen LogP contribution in [0.4, 0.5) is 0 Å².